The molecule has 0 bridgehead atoms. The van der Waals surface area contributed by atoms with E-state index in [1.54, 1.807) is 18.3 Å². The minimum Gasteiger partial charge on any atom is -0.399 e. The number of nitrogens with two attached hydrogens (primary N) is 1. The molecule has 0 aliphatic heterocycles. The molecule has 0 saturated heterocycles. The molecule has 1 amide bonds. The molecule has 1 unspecified atom stereocenters. The second kappa shape index (κ2) is 7.13. The molecule has 1 aromatic carbocycles. The number of hydrogen-bond acceptors (Lipinski definition) is 4. The summed E-state index contributed by atoms with van der Waals surface area (Å²) in [4.78, 5) is 13.1. The van der Waals surface area contributed by atoms with Gasteiger partial charge in [0.1, 0.15) is 6.10 Å². The Labute approximate surface area is 136 Å². The minimum atomic E-state index is -0.628. The van der Waals surface area contributed by atoms with Gasteiger partial charge in [-0.2, -0.15) is 0 Å². The van der Waals surface area contributed by atoms with Crippen LogP contribution >= 0.6 is 34.5 Å². The highest BCUT2D eigenvalue weighted by molar-refractivity contribution is 7.09. The maximum atomic E-state index is 12.1. The Morgan fingerprint density at radius 1 is 1.43 bits per heavy atom. The molecule has 0 spiro atoms. The molecule has 2 aromatic rings. The number of halogens is 2. The van der Waals surface area contributed by atoms with Crippen LogP contribution in [0.3, 0.4) is 0 Å². The fourth-order valence-electron chi connectivity index (χ4n) is 1.61. The number of carbonyl (C=O) groups excluding carboxylic acids is 1. The first-order valence-electron chi connectivity index (χ1n) is 6.16. The highest BCUT2D eigenvalue weighted by atomic mass is 35.5. The zero-order valence-corrected chi connectivity index (χ0v) is 13.6. The Balaban J connectivity index is 1.97. The molecule has 4 nitrogen and oxygen atoms in total. The lowest BCUT2D eigenvalue weighted by Gasteiger charge is -2.15. The van der Waals surface area contributed by atoms with E-state index in [0.29, 0.717) is 28.0 Å². The summed E-state index contributed by atoms with van der Waals surface area (Å²) in [6, 6.07) is 6.94. The maximum Gasteiger partial charge on any atom is 0.253 e. The van der Waals surface area contributed by atoms with Crippen LogP contribution in [0.15, 0.2) is 29.6 Å². The molecule has 0 radical (unpaired) electrons. The third kappa shape index (κ3) is 4.35. The van der Waals surface area contributed by atoms with Crippen molar-refractivity contribution in [1.82, 2.24) is 0 Å². The zero-order chi connectivity index (χ0) is 15.4. The Morgan fingerprint density at radius 2 is 2.10 bits per heavy atom. The SMILES string of the molecule is CC(OCc1cccs1)C(=O)Nc1c(Cl)cc(N)cc1Cl. The molecule has 2 rings (SSSR count). The summed E-state index contributed by atoms with van der Waals surface area (Å²) in [5.41, 5.74) is 6.39. The molecule has 0 saturated carbocycles. The lowest BCUT2D eigenvalue weighted by molar-refractivity contribution is -0.127. The van der Waals surface area contributed by atoms with E-state index in [0.717, 1.165) is 4.88 Å². The lowest BCUT2D eigenvalue weighted by Crippen LogP contribution is -2.27. The van der Waals surface area contributed by atoms with Crippen molar-refractivity contribution in [2.75, 3.05) is 11.1 Å². The molecule has 7 heteroatoms. The molecule has 0 fully saturated rings. The molecule has 1 heterocycles. The van der Waals surface area contributed by atoms with Crippen LogP contribution in [0, 0.1) is 0 Å². The van der Waals surface area contributed by atoms with Gasteiger partial charge >= 0.3 is 0 Å². The third-order valence-electron chi connectivity index (χ3n) is 2.74. The Kier molecular flexibility index (Phi) is 5.47. The summed E-state index contributed by atoms with van der Waals surface area (Å²) in [5.74, 6) is -0.319. The van der Waals surface area contributed by atoms with Crippen LogP contribution in [0.4, 0.5) is 11.4 Å². The van der Waals surface area contributed by atoms with Crippen LogP contribution in [0.1, 0.15) is 11.8 Å². The monoisotopic (exact) mass is 344 g/mol. The summed E-state index contributed by atoms with van der Waals surface area (Å²) in [6.45, 7) is 2.05. The van der Waals surface area contributed by atoms with Crippen molar-refractivity contribution in [2.45, 2.75) is 19.6 Å². The van der Waals surface area contributed by atoms with Crippen molar-refractivity contribution in [3.05, 3.63) is 44.6 Å². The Bertz CT molecular complexity index is 609. The first-order valence-corrected chi connectivity index (χ1v) is 7.80. The molecule has 0 aliphatic carbocycles. The molecule has 1 aromatic heterocycles. The fraction of sp³-hybridized carbons (Fsp3) is 0.214. The number of ether oxygens (including phenoxy) is 1. The van der Waals surface area contributed by atoms with Crippen LogP contribution in [0.25, 0.3) is 0 Å². The van der Waals surface area contributed by atoms with Gasteiger partial charge in [0.25, 0.3) is 5.91 Å². The number of rotatable bonds is 5. The first-order chi connectivity index (χ1) is 9.97. The number of thiophene rings is 1. The zero-order valence-electron chi connectivity index (χ0n) is 11.2. The number of hydrogen-bond donors (Lipinski definition) is 2. The second-order valence-electron chi connectivity index (χ2n) is 4.38. The molecule has 21 heavy (non-hydrogen) atoms. The van der Waals surface area contributed by atoms with E-state index in [1.807, 2.05) is 17.5 Å². The highest BCUT2D eigenvalue weighted by Crippen LogP contribution is 2.32. The number of nitrogens with one attached hydrogen (secondary N) is 1. The van der Waals surface area contributed by atoms with Crippen LogP contribution in [-0.2, 0) is 16.1 Å². The van der Waals surface area contributed by atoms with Crippen LogP contribution in [0.5, 0.6) is 0 Å². The summed E-state index contributed by atoms with van der Waals surface area (Å²) in [7, 11) is 0. The van der Waals surface area contributed by atoms with Crippen molar-refractivity contribution < 1.29 is 9.53 Å². The summed E-state index contributed by atoms with van der Waals surface area (Å²) in [6.07, 6.45) is -0.628. The molecule has 1 atom stereocenters. The first kappa shape index (κ1) is 16.1. The lowest BCUT2D eigenvalue weighted by atomic mass is 10.2. The summed E-state index contributed by atoms with van der Waals surface area (Å²) in [5, 5.41) is 5.19. The number of anilines is 2. The standard InChI is InChI=1S/C14H14Cl2N2O2S/c1-8(20-7-10-3-2-4-21-10)14(19)18-13-11(15)5-9(17)6-12(13)16/h2-6,8H,7,17H2,1H3,(H,18,19). The van der Waals surface area contributed by atoms with Gasteiger partial charge in [0, 0.05) is 10.6 Å². The van der Waals surface area contributed by atoms with E-state index in [2.05, 4.69) is 5.32 Å². The van der Waals surface area contributed by atoms with E-state index in [4.69, 9.17) is 33.7 Å². The molecular formula is C14H14Cl2N2O2S. The number of nitrogen functional groups attached to an aromatic ring is 1. The smallest absolute Gasteiger partial charge is 0.253 e. The van der Waals surface area contributed by atoms with Gasteiger partial charge in [-0.3, -0.25) is 4.79 Å². The van der Waals surface area contributed by atoms with Gasteiger partial charge in [-0.1, -0.05) is 29.3 Å². The normalized spacial score (nSPS) is 12.1. The van der Waals surface area contributed by atoms with Crippen molar-refractivity contribution in [3.63, 3.8) is 0 Å². The molecule has 112 valence electrons. The predicted molar refractivity (Wildman–Crippen MR) is 88.1 cm³/mol. The Hall–Kier alpha value is -1.27. The summed E-state index contributed by atoms with van der Waals surface area (Å²) >= 11 is 13.6. The maximum absolute atomic E-state index is 12.1. The molecule has 0 aliphatic rings. The molecule has 3 N–H and O–H groups in total. The van der Waals surface area contributed by atoms with Gasteiger partial charge in [0.05, 0.1) is 22.3 Å². The quantitative estimate of drug-likeness (QED) is 0.799. The average Bonchev–Trinajstić information content (AvgIpc) is 2.93. The van der Waals surface area contributed by atoms with E-state index in [1.165, 1.54) is 12.1 Å². The van der Waals surface area contributed by atoms with Gasteiger partial charge < -0.3 is 15.8 Å². The van der Waals surface area contributed by atoms with E-state index < -0.39 is 6.10 Å². The summed E-state index contributed by atoms with van der Waals surface area (Å²) < 4.78 is 5.51. The number of benzene rings is 1. The molecular weight excluding hydrogens is 331 g/mol. The van der Waals surface area contributed by atoms with E-state index in [9.17, 15) is 4.79 Å². The van der Waals surface area contributed by atoms with Crippen LogP contribution < -0.4 is 11.1 Å². The van der Waals surface area contributed by atoms with E-state index >= 15 is 0 Å². The largest absolute Gasteiger partial charge is 0.399 e. The van der Waals surface area contributed by atoms with Crippen molar-refractivity contribution in [2.24, 2.45) is 0 Å². The van der Waals surface area contributed by atoms with Crippen LogP contribution in [-0.4, -0.2) is 12.0 Å². The number of amides is 1. The van der Waals surface area contributed by atoms with Crippen molar-refractivity contribution in [1.29, 1.82) is 0 Å². The highest BCUT2D eigenvalue weighted by Gasteiger charge is 2.17. The van der Waals surface area contributed by atoms with Gasteiger partial charge in [0.2, 0.25) is 0 Å². The van der Waals surface area contributed by atoms with Gasteiger partial charge in [-0.15, -0.1) is 11.3 Å². The second-order valence-corrected chi connectivity index (χ2v) is 6.23. The van der Waals surface area contributed by atoms with Crippen molar-refractivity contribution >= 4 is 51.8 Å². The minimum absolute atomic E-state index is 0.291. The van der Waals surface area contributed by atoms with Gasteiger partial charge in [-0.05, 0) is 30.5 Å². The van der Waals surface area contributed by atoms with Crippen molar-refractivity contribution in [3.8, 4) is 0 Å². The topological polar surface area (TPSA) is 64.3 Å². The third-order valence-corrected chi connectivity index (χ3v) is 4.18. The number of carbonyl (C=O) groups is 1. The fourth-order valence-corrected chi connectivity index (χ4v) is 2.84. The average molecular weight is 345 g/mol. The predicted octanol–water partition coefficient (Wildman–Crippen LogP) is 4.18. The van der Waals surface area contributed by atoms with E-state index in [-0.39, 0.29) is 5.91 Å². The Morgan fingerprint density at radius 3 is 2.67 bits per heavy atom. The van der Waals surface area contributed by atoms with Gasteiger partial charge in [0.15, 0.2) is 0 Å². The van der Waals surface area contributed by atoms with Gasteiger partial charge in [-0.25, -0.2) is 0 Å². The van der Waals surface area contributed by atoms with Crippen LogP contribution in [0.2, 0.25) is 10.0 Å².